The molecule has 0 radical (unpaired) electrons. The molecule has 0 spiro atoms. The largest absolute Gasteiger partial charge is 0.313 e. The van der Waals surface area contributed by atoms with Gasteiger partial charge in [0.15, 0.2) is 0 Å². The zero-order valence-electron chi connectivity index (χ0n) is 11.6. The van der Waals surface area contributed by atoms with Crippen molar-refractivity contribution in [1.82, 2.24) is 5.32 Å². The molecule has 0 aromatic heterocycles. The third kappa shape index (κ3) is 4.82. The molecule has 1 unspecified atom stereocenters. The average molecular weight is 308 g/mol. The fourth-order valence-corrected chi connectivity index (χ4v) is 2.78. The molecular weight excluding hydrogens is 289 g/mol. The average Bonchev–Trinajstić information content (AvgIpc) is 2.43. The molecule has 0 saturated heterocycles. The SMILES string of the molecule is CC(CCNCc1cc(Cl)cc(Cl)c1)c1ccccc1. The van der Waals surface area contributed by atoms with Crippen molar-refractivity contribution in [3.05, 3.63) is 69.7 Å². The van der Waals surface area contributed by atoms with Crippen molar-refractivity contribution in [3.8, 4) is 0 Å². The minimum Gasteiger partial charge on any atom is -0.313 e. The summed E-state index contributed by atoms with van der Waals surface area (Å²) in [4.78, 5) is 0. The molecule has 0 aliphatic rings. The summed E-state index contributed by atoms with van der Waals surface area (Å²) in [6.07, 6.45) is 1.11. The lowest BCUT2D eigenvalue weighted by Crippen LogP contribution is -2.16. The van der Waals surface area contributed by atoms with E-state index >= 15 is 0 Å². The molecule has 1 atom stereocenters. The first-order chi connectivity index (χ1) is 9.65. The molecule has 0 heterocycles. The van der Waals surface area contributed by atoms with Gasteiger partial charge in [0.2, 0.25) is 0 Å². The predicted molar refractivity (Wildman–Crippen MR) is 87.6 cm³/mol. The van der Waals surface area contributed by atoms with Crippen molar-refractivity contribution in [2.75, 3.05) is 6.54 Å². The molecule has 0 fully saturated rings. The fraction of sp³-hybridized carbons (Fsp3) is 0.294. The first kappa shape index (κ1) is 15.4. The Bertz CT molecular complexity index is 520. The van der Waals surface area contributed by atoms with Crippen molar-refractivity contribution in [2.24, 2.45) is 0 Å². The first-order valence-corrected chi connectivity index (χ1v) is 7.61. The Labute approximate surface area is 130 Å². The summed E-state index contributed by atoms with van der Waals surface area (Å²) in [6, 6.07) is 16.2. The molecule has 0 saturated carbocycles. The van der Waals surface area contributed by atoms with Crippen LogP contribution in [0.25, 0.3) is 0 Å². The number of rotatable bonds is 6. The number of benzene rings is 2. The quantitative estimate of drug-likeness (QED) is 0.716. The lowest BCUT2D eigenvalue weighted by Gasteiger charge is -2.12. The molecule has 0 aliphatic carbocycles. The number of halogens is 2. The van der Waals surface area contributed by atoms with Crippen LogP contribution in [0.3, 0.4) is 0 Å². The highest BCUT2D eigenvalue weighted by Crippen LogP contribution is 2.20. The van der Waals surface area contributed by atoms with Crippen LogP contribution in [0.4, 0.5) is 0 Å². The maximum Gasteiger partial charge on any atom is 0.0424 e. The topological polar surface area (TPSA) is 12.0 Å². The van der Waals surface area contributed by atoms with E-state index in [2.05, 4.69) is 42.6 Å². The minimum absolute atomic E-state index is 0.562. The highest BCUT2D eigenvalue weighted by molar-refractivity contribution is 6.34. The van der Waals surface area contributed by atoms with Gasteiger partial charge in [-0.1, -0.05) is 60.5 Å². The number of hydrogen-bond acceptors (Lipinski definition) is 1. The Morgan fingerprint density at radius 1 is 1.00 bits per heavy atom. The monoisotopic (exact) mass is 307 g/mol. The van der Waals surface area contributed by atoms with Gasteiger partial charge in [-0.25, -0.2) is 0 Å². The van der Waals surface area contributed by atoms with Crippen LogP contribution < -0.4 is 5.32 Å². The van der Waals surface area contributed by atoms with E-state index in [0.29, 0.717) is 16.0 Å². The number of nitrogens with one attached hydrogen (secondary N) is 1. The predicted octanol–water partition coefficient (Wildman–Crippen LogP) is 5.28. The van der Waals surface area contributed by atoms with Crippen LogP contribution >= 0.6 is 23.2 Å². The zero-order valence-corrected chi connectivity index (χ0v) is 13.1. The van der Waals surface area contributed by atoms with Crippen LogP contribution in [0.1, 0.15) is 30.4 Å². The third-order valence-corrected chi connectivity index (χ3v) is 3.81. The maximum absolute atomic E-state index is 5.98. The van der Waals surface area contributed by atoms with Gasteiger partial charge in [-0.15, -0.1) is 0 Å². The molecule has 2 aromatic carbocycles. The van der Waals surface area contributed by atoms with Crippen LogP contribution in [0, 0.1) is 0 Å². The molecule has 0 aliphatic heterocycles. The second-order valence-corrected chi connectivity index (χ2v) is 5.93. The van der Waals surface area contributed by atoms with Crippen LogP contribution in [-0.4, -0.2) is 6.54 Å². The van der Waals surface area contributed by atoms with Crippen LogP contribution in [-0.2, 0) is 6.54 Å². The second kappa shape index (κ2) is 7.68. The van der Waals surface area contributed by atoms with Gasteiger partial charge in [0, 0.05) is 16.6 Å². The van der Waals surface area contributed by atoms with E-state index < -0.39 is 0 Å². The Morgan fingerprint density at radius 2 is 1.65 bits per heavy atom. The Hall–Kier alpha value is -1.02. The molecule has 106 valence electrons. The number of hydrogen-bond donors (Lipinski definition) is 1. The van der Waals surface area contributed by atoms with Crippen molar-refractivity contribution in [3.63, 3.8) is 0 Å². The van der Waals surface area contributed by atoms with Gasteiger partial charge in [0.05, 0.1) is 0 Å². The molecule has 1 N–H and O–H groups in total. The maximum atomic E-state index is 5.98. The normalized spacial score (nSPS) is 12.3. The van der Waals surface area contributed by atoms with Gasteiger partial charge in [0.25, 0.3) is 0 Å². The highest BCUT2D eigenvalue weighted by Gasteiger charge is 2.04. The standard InChI is InChI=1S/C17H19Cl2N/c1-13(15-5-3-2-4-6-15)7-8-20-12-14-9-16(18)11-17(19)10-14/h2-6,9-11,13,20H,7-8,12H2,1H3. The Balaban J connectivity index is 1.76. The van der Waals surface area contributed by atoms with Crippen molar-refractivity contribution >= 4 is 23.2 Å². The smallest absolute Gasteiger partial charge is 0.0424 e. The van der Waals surface area contributed by atoms with Gasteiger partial charge >= 0.3 is 0 Å². The lowest BCUT2D eigenvalue weighted by atomic mass is 9.98. The summed E-state index contributed by atoms with van der Waals surface area (Å²) in [5.74, 6) is 0.562. The lowest BCUT2D eigenvalue weighted by molar-refractivity contribution is 0.594. The van der Waals surface area contributed by atoms with E-state index in [1.807, 2.05) is 12.1 Å². The first-order valence-electron chi connectivity index (χ1n) is 6.86. The summed E-state index contributed by atoms with van der Waals surface area (Å²) < 4.78 is 0. The van der Waals surface area contributed by atoms with E-state index in [0.717, 1.165) is 25.1 Å². The van der Waals surface area contributed by atoms with Crippen molar-refractivity contribution in [2.45, 2.75) is 25.8 Å². The molecule has 3 heteroatoms. The Morgan fingerprint density at radius 3 is 2.30 bits per heavy atom. The van der Waals surface area contributed by atoms with Gasteiger partial charge < -0.3 is 5.32 Å². The summed E-state index contributed by atoms with van der Waals surface area (Å²) in [5.41, 5.74) is 2.51. The van der Waals surface area contributed by atoms with Crippen LogP contribution in [0.15, 0.2) is 48.5 Å². The molecule has 20 heavy (non-hydrogen) atoms. The molecule has 2 aromatic rings. The Kier molecular flexibility index (Phi) is 5.90. The van der Waals surface area contributed by atoms with E-state index in [9.17, 15) is 0 Å². The minimum atomic E-state index is 0.562. The molecular formula is C17H19Cl2N. The molecule has 0 bridgehead atoms. The van der Waals surface area contributed by atoms with E-state index in [4.69, 9.17) is 23.2 Å². The van der Waals surface area contributed by atoms with Crippen LogP contribution in [0.5, 0.6) is 0 Å². The van der Waals surface area contributed by atoms with E-state index in [1.165, 1.54) is 5.56 Å². The van der Waals surface area contributed by atoms with Crippen LogP contribution in [0.2, 0.25) is 10.0 Å². The summed E-state index contributed by atoms with van der Waals surface area (Å²) in [7, 11) is 0. The van der Waals surface area contributed by atoms with E-state index in [1.54, 1.807) is 6.07 Å². The summed E-state index contributed by atoms with van der Waals surface area (Å²) >= 11 is 12.0. The second-order valence-electron chi connectivity index (χ2n) is 5.05. The zero-order chi connectivity index (χ0) is 14.4. The third-order valence-electron chi connectivity index (χ3n) is 3.37. The van der Waals surface area contributed by atoms with Crippen molar-refractivity contribution < 1.29 is 0 Å². The van der Waals surface area contributed by atoms with Gasteiger partial charge in [-0.05, 0) is 48.2 Å². The van der Waals surface area contributed by atoms with Gasteiger partial charge in [-0.2, -0.15) is 0 Å². The fourth-order valence-electron chi connectivity index (χ4n) is 2.21. The molecule has 2 rings (SSSR count). The van der Waals surface area contributed by atoms with Gasteiger partial charge in [-0.3, -0.25) is 0 Å². The molecule has 0 amide bonds. The molecule has 1 nitrogen and oxygen atoms in total. The van der Waals surface area contributed by atoms with Crippen molar-refractivity contribution in [1.29, 1.82) is 0 Å². The summed E-state index contributed by atoms with van der Waals surface area (Å²) in [6.45, 7) is 4.02. The van der Waals surface area contributed by atoms with Gasteiger partial charge in [0.1, 0.15) is 0 Å². The summed E-state index contributed by atoms with van der Waals surface area (Å²) in [5, 5.41) is 4.81. The van der Waals surface area contributed by atoms with E-state index in [-0.39, 0.29) is 0 Å². The highest BCUT2D eigenvalue weighted by atomic mass is 35.5.